The van der Waals surface area contributed by atoms with Crippen LogP contribution in [0.5, 0.6) is 5.75 Å². The lowest BCUT2D eigenvalue weighted by atomic mass is 10.1. The Hall–Kier alpha value is -3.20. The summed E-state index contributed by atoms with van der Waals surface area (Å²) in [7, 11) is 1.63. The Labute approximate surface area is 189 Å². The van der Waals surface area contributed by atoms with Gasteiger partial charge in [0.25, 0.3) is 0 Å². The Morgan fingerprint density at radius 2 is 1.77 bits per heavy atom. The molecule has 0 unspecified atom stereocenters. The summed E-state index contributed by atoms with van der Waals surface area (Å²) in [5, 5.41) is 7.57. The number of nitrogens with zero attached hydrogens (tertiary/aromatic N) is 5. The van der Waals surface area contributed by atoms with Gasteiger partial charge < -0.3 is 15.0 Å². The average molecular weight is 482 g/mol. The number of methoxy groups -OCH3 is 1. The van der Waals surface area contributed by atoms with Crippen LogP contribution in [0.4, 0.5) is 23.5 Å². The van der Waals surface area contributed by atoms with Crippen molar-refractivity contribution in [2.24, 2.45) is 5.10 Å². The van der Waals surface area contributed by atoms with Gasteiger partial charge >= 0.3 is 0 Å². The van der Waals surface area contributed by atoms with Crippen LogP contribution in [0, 0.1) is 0 Å². The monoisotopic (exact) mass is 481 g/mol. The number of piperidine rings is 1. The number of nitrogens with one attached hydrogen (secondary N) is 2. The summed E-state index contributed by atoms with van der Waals surface area (Å²) in [4.78, 5) is 15.9. The first-order chi connectivity index (χ1) is 15.2. The Morgan fingerprint density at radius 3 is 2.55 bits per heavy atom. The number of anilines is 4. The standard InChI is InChI=1S/C22H24BrN7O/c1-31-19-11-10-17(23)14-16(19)15-24-29-21-26-20(25-18-8-4-2-5-9-18)27-22(28-21)30-12-6-3-7-13-30/h2,4-5,8-11,14-15H,3,6-7,12-13H2,1H3,(H2,25,26,27,28,29)/b24-15+. The van der Waals surface area contributed by atoms with Crippen LogP contribution in [0.1, 0.15) is 24.8 Å². The van der Waals surface area contributed by atoms with Crippen molar-refractivity contribution < 1.29 is 4.74 Å². The molecular weight excluding hydrogens is 458 g/mol. The Kier molecular flexibility index (Phi) is 6.93. The number of para-hydroxylation sites is 1. The van der Waals surface area contributed by atoms with Gasteiger partial charge in [0.15, 0.2) is 0 Å². The zero-order valence-corrected chi connectivity index (χ0v) is 18.8. The minimum atomic E-state index is 0.374. The van der Waals surface area contributed by atoms with Crippen molar-refractivity contribution in [2.75, 3.05) is 35.8 Å². The molecule has 0 atom stereocenters. The van der Waals surface area contributed by atoms with E-state index in [1.807, 2.05) is 48.5 Å². The van der Waals surface area contributed by atoms with Crippen LogP contribution in [0.3, 0.4) is 0 Å². The van der Waals surface area contributed by atoms with Crippen molar-refractivity contribution >= 4 is 45.7 Å². The van der Waals surface area contributed by atoms with Gasteiger partial charge in [-0.3, -0.25) is 0 Å². The number of halogens is 1. The fraction of sp³-hybridized carbons (Fsp3) is 0.273. The second-order valence-electron chi connectivity index (χ2n) is 7.08. The van der Waals surface area contributed by atoms with Gasteiger partial charge in [-0.2, -0.15) is 20.1 Å². The highest BCUT2D eigenvalue weighted by Crippen LogP contribution is 2.22. The molecule has 2 heterocycles. The first-order valence-corrected chi connectivity index (χ1v) is 11.0. The third-order valence-corrected chi connectivity index (χ3v) is 5.35. The molecule has 31 heavy (non-hydrogen) atoms. The van der Waals surface area contributed by atoms with Gasteiger partial charge in [-0.05, 0) is 49.6 Å². The molecule has 0 bridgehead atoms. The molecule has 0 radical (unpaired) electrons. The molecule has 8 nitrogen and oxygen atoms in total. The summed E-state index contributed by atoms with van der Waals surface area (Å²) in [6.45, 7) is 1.87. The molecule has 1 aliphatic heterocycles. The fourth-order valence-electron chi connectivity index (χ4n) is 3.32. The van der Waals surface area contributed by atoms with E-state index in [-0.39, 0.29) is 0 Å². The lowest BCUT2D eigenvalue weighted by Gasteiger charge is -2.26. The first-order valence-electron chi connectivity index (χ1n) is 10.2. The SMILES string of the molecule is COc1ccc(Br)cc1/C=N/Nc1nc(Nc2ccccc2)nc(N2CCCCC2)n1. The maximum absolute atomic E-state index is 5.39. The minimum absolute atomic E-state index is 0.374. The lowest BCUT2D eigenvalue weighted by molar-refractivity contribution is 0.414. The van der Waals surface area contributed by atoms with Crippen molar-refractivity contribution in [2.45, 2.75) is 19.3 Å². The third kappa shape index (κ3) is 5.69. The molecule has 3 aromatic rings. The Morgan fingerprint density at radius 1 is 1.00 bits per heavy atom. The molecule has 0 saturated carbocycles. The summed E-state index contributed by atoms with van der Waals surface area (Å²) in [6, 6.07) is 15.6. The topological polar surface area (TPSA) is 87.6 Å². The molecule has 160 valence electrons. The van der Waals surface area contributed by atoms with Gasteiger partial charge in [-0.15, -0.1) is 0 Å². The number of rotatable bonds is 7. The Balaban J connectivity index is 1.58. The molecule has 0 amide bonds. The van der Waals surface area contributed by atoms with Crippen molar-refractivity contribution in [3.8, 4) is 5.75 Å². The summed E-state index contributed by atoms with van der Waals surface area (Å²) in [5.74, 6) is 2.22. The van der Waals surface area contributed by atoms with Crippen LogP contribution < -0.4 is 20.4 Å². The number of aromatic nitrogens is 3. The summed E-state index contributed by atoms with van der Waals surface area (Å²) in [6.07, 6.45) is 5.19. The first kappa shape index (κ1) is 21.0. The van der Waals surface area contributed by atoms with Gasteiger partial charge in [0.05, 0.1) is 13.3 Å². The molecule has 1 saturated heterocycles. The highest BCUT2D eigenvalue weighted by atomic mass is 79.9. The molecule has 1 fully saturated rings. The maximum atomic E-state index is 5.39. The summed E-state index contributed by atoms with van der Waals surface area (Å²) >= 11 is 3.47. The van der Waals surface area contributed by atoms with Gasteiger partial charge in [-0.25, -0.2) is 5.43 Å². The summed E-state index contributed by atoms with van der Waals surface area (Å²) in [5.41, 5.74) is 4.68. The van der Waals surface area contributed by atoms with E-state index in [1.165, 1.54) is 6.42 Å². The molecule has 0 spiro atoms. The van der Waals surface area contributed by atoms with Gasteiger partial charge in [0.2, 0.25) is 17.8 Å². The molecule has 9 heteroatoms. The van der Waals surface area contributed by atoms with Gasteiger partial charge in [-0.1, -0.05) is 34.1 Å². The van der Waals surface area contributed by atoms with Crippen LogP contribution in [-0.4, -0.2) is 41.4 Å². The second-order valence-corrected chi connectivity index (χ2v) is 7.99. The predicted octanol–water partition coefficient (Wildman–Crippen LogP) is 4.82. The largest absolute Gasteiger partial charge is 0.496 e. The lowest BCUT2D eigenvalue weighted by Crippen LogP contribution is -2.31. The number of hydrazone groups is 1. The second kappa shape index (κ2) is 10.2. The zero-order valence-electron chi connectivity index (χ0n) is 17.3. The Bertz CT molecular complexity index is 1040. The van der Waals surface area contributed by atoms with E-state index in [1.54, 1.807) is 13.3 Å². The molecule has 4 rings (SSSR count). The fourth-order valence-corrected chi connectivity index (χ4v) is 3.70. The highest BCUT2D eigenvalue weighted by molar-refractivity contribution is 9.10. The smallest absolute Gasteiger partial charge is 0.250 e. The van der Waals surface area contributed by atoms with Gasteiger partial charge in [0.1, 0.15) is 5.75 Å². The number of hydrogen-bond acceptors (Lipinski definition) is 8. The highest BCUT2D eigenvalue weighted by Gasteiger charge is 2.16. The molecule has 2 aromatic carbocycles. The van der Waals surface area contributed by atoms with Crippen LogP contribution in [-0.2, 0) is 0 Å². The van der Waals surface area contributed by atoms with E-state index >= 15 is 0 Å². The van der Waals surface area contributed by atoms with Crippen LogP contribution >= 0.6 is 15.9 Å². The van der Waals surface area contributed by atoms with Crippen molar-refractivity contribution in [3.63, 3.8) is 0 Å². The van der Waals surface area contributed by atoms with E-state index in [2.05, 4.69) is 51.6 Å². The van der Waals surface area contributed by atoms with Gasteiger partial charge in [0, 0.05) is 28.8 Å². The number of benzene rings is 2. The molecule has 2 N–H and O–H groups in total. The molecular formula is C22H24BrN7O. The minimum Gasteiger partial charge on any atom is -0.496 e. The van der Waals surface area contributed by atoms with E-state index < -0.39 is 0 Å². The van der Waals surface area contributed by atoms with E-state index in [4.69, 9.17) is 4.74 Å². The normalized spacial score (nSPS) is 13.9. The summed E-state index contributed by atoms with van der Waals surface area (Å²) < 4.78 is 6.33. The van der Waals surface area contributed by atoms with Crippen LogP contribution in [0.25, 0.3) is 0 Å². The molecule has 1 aliphatic rings. The molecule has 0 aliphatic carbocycles. The maximum Gasteiger partial charge on any atom is 0.250 e. The molecule has 1 aromatic heterocycles. The number of hydrogen-bond donors (Lipinski definition) is 2. The average Bonchev–Trinajstić information content (AvgIpc) is 2.80. The third-order valence-electron chi connectivity index (χ3n) is 4.85. The van der Waals surface area contributed by atoms with Crippen molar-refractivity contribution in [1.82, 2.24) is 15.0 Å². The van der Waals surface area contributed by atoms with Crippen LogP contribution in [0.2, 0.25) is 0 Å². The number of ether oxygens (including phenoxy) is 1. The van der Waals surface area contributed by atoms with Crippen molar-refractivity contribution in [1.29, 1.82) is 0 Å². The van der Waals surface area contributed by atoms with E-state index in [0.717, 1.165) is 47.4 Å². The van der Waals surface area contributed by atoms with Crippen LogP contribution in [0.15, 0.2) is 58.1 Å². The van der Waals surface area contributed by atoms with E-state index in [0.29, 0.717) is 17.8 Å². The van der Waals surface area contributed by atoms with Crippen molar-refractivity contribution in [3.05, 3.63) is 58.6 Å². The zero-order chi connectivity index (χ0) is 21.5. The quantitative estimate of drug-likeness (QED) is 0.369. The van der Waals surface area contributed by atoms with E-state index in [9.17, 15) is 0 Å². The predicted molar refractivity (Wildman–Crippen MR) is 128 cm³/mol.